The number of H-pyrrole nitrogens is 1. The van der Waals surface area contributed by atoms with Crippen molar-refractivity contribution in [1.29, 1.82) is 5.26 Å². The highest BCUT2D eigenvalue weighted by atomic mass is 32.2. The van der Waals surface area contributed by atoms with Gasteiger partial charge in [0.1, 0.15) is 11.9 Å². The molecule has 0 saturated heterocycles. The van der Waals surface area contributed by atoms with Crippen molar-refractivity contribution in [3.63, 3.8) is 0 Å². The van der Waals surface area contributed by atoms with E-state index in [4.69, 9.17) is 10.00 Å². The van der Waals surface area contributed by atoms with Crippen LogP contribution in [0.4, 0.5) is 4.39 Å². The number of aromatic nitrogens is 3. The summed E-state index contributed by atoms with van der Waals surface area (Å²) in [5.74, 6) is -1.37. The number of rotatable bonds is 5. The van der Waals surface area contributed by atoms with Crippen molar-refractivity contribution in [1.82, 2.24) is 13.9 Å². The van der Waals surface area contributed by atoms with E-state index in [0.717, 1.165) is 10.0 Å². The number of nitrogens with one attached hydrogen (secondary N) is 1. The summed E-state index contributed by atoms with van der Waals surface area (Å²) in [6, 6.07) is 18.6. The van der Waals surface area contributed by atoms with E-state index in [-0.39, 0.29) is 21.7 Å². The smallest absolute Gasteiger partial charge is 0.340 e. The van der Waals surface area contributed by atoms with Gasteiger partial charge in [0.05, 0.1) is 28.8 Å². The molecule has 2 aromatic carbocycles. The lowest BCUT2D eigenvalue weighted by atomic mass is 10.1. The van der Waals surface area contributed by atoms with E-state index < -0.39 is 21.8 Å². The van der Waals surface area contributed by atoms with E-state index in [1.54, 1.807) is 42.5 Å². The average Bonchev–Trinajstić information content (AvgIpc) is 3.54. The lowest BCUT2D eigenvalue weighted by Crippen LogP contribution is -2.12. The number of methoxy groups -OCH3 is 1. The summed E-state index contributed by atoms with van der Waals surface area (Å²) in [6.07, 6.45) is 2.89. The highest BCUT2D eigenvalue weighted by Crippen LogP contribution is 2.34. The number of hydrogen-bond donors (Lipinski definition) is 1. The van der Waals surface area contributed by atoms with Crippen molar-refractivity contribution in [3.8, 4) is 28.6 Å². The number of nitrogens with zero attached hydrogens (tertiary/aromatic N) is 3. The molecule has 1 N–H and O–H groups in total. The fraction of sp³-hybridized carbons (Fsp3) is 0.0385. The van der Waals surface area contributed by atoms with Crippen LogP contribution in [0, 0.1) is 17.1 Å². The van der Waals surface area contributed by atoms with E-state index in [1.807, 2.05) is 0 Å². The molecule has 0 amide bonds. The number of ether oxygens (including phenoxy) is 1. The Kier molecular flexibility index (Phi) is 5.62. The van der Waals surface area contributed by atoms with E-state index in [0.29, 0.717) is 27.9 Å². The number of esters is 1. The van der Waals surface area contributed by atoms with Gasteiger partial charge in [-0.15, -0.1) is 0 Å². The summed E-state index contributed by atoms with van der Waals surface area (Å²) in [7, 11) is -2.66. The Morgan fingerprint density at radius 3 is 2.58 bits per heavy atom. The van der Waals surface area contributed by atoms with Gasteiger partial charge in [-0.25, -0.2) is 26.6 Å². The Balaban J connectivity index is 1.68. The minimum absolute atomic E-state index is 0.118. The number of carbonyl (C=O) groups excluding carboxylic acids is 1. The predicted octanol–water partition coefficient (Wildman–Crippen LogP) is 4.73. The minimum Gasteiger partial charge on any atom is -0.465 e. The van der Waals surface area contributed by atoms with Crippen molar-refractivity contribution in [2.75, 3.05) is 7.11 Å². The minimum atomic E-state index is -3.89. The molecule has 0 atom stereocenters. The lowest BCUT2D eigenvalue weighted by molar-refractivity contribution is 0.0602. The molecule has 36 heavy (non-hydrogen) atoms. The van der Waals surface area contributed by atoms with Gasteiger partial charge >= 0.3 is 5.97 Å². The second kappa shape index (κ2) is 8.79. The highest BCUT2D eigenvalue weighted by molar-refractivity contribution is 7.90. The molecular formula is C26H17FN4O4S. The van der Waals surface area contributed by atoms with Gasteiger partial charge in [0, 0.05) is 34.6 Å². The molecule has 3 aromatic heterocycles. The number of hydrogen-bond acceptors (Lipinski definition) is 6. The third-order valence-electron chi connectivity index (χ3n) is 5.75. The molecule has 0 saturated carbocycles. The molecule has 0 aliphatic rings. The van der Waals surface area contributed by atoms with Crippen molar-refractivity contribution < 1.29 is 22.3 Å². The first-order chi connectivity index (χ1) is 17.3. The van der Waals surface area contributed by atoms with Crippen LogP contribution in [0.25, 0.3) is 33.5 Å². The third-order valence-corrected chi connectivity index (χ3v) is 7.43. The Hall–Kier alpha value is -4.75. The summed E-state index contributed by atoms with van der Waals surface area (Å²) >= 11 is 0. The second-order valence-electron chi connectivity index (χ2n) is 7.80. The monoisotopic (exact) mass is 500 g/mol. The maximum absolute atomic E-state index is 14.3. The first-order valence-corrected chi connectivity index (χ1v) is 12.1. The molecule has 10 heteroatoms. The number of fused-ring (bicyclic) bond motifs is 1. The summed E-state index contributed by atoms with van der Waals surface area (Å²) in [5.41, 5.74) is 1.91. The molecule has 178 valence electrons. The van der Waals surface area contributed by atoms with Gasteiger partial charge in [0.25, 0.3) is 10.0 Å². The Labute approximate surface area is 205 Å². The third kappa shape index (κ3) is 3.72. The van der Waals surface area contributed by atoms with Gasteiger partial charge < -0.3 is 9.72 Å². The molecule has 0 radical (unpaired) electrons. The van der Waals surface area contributed by atoms with Gasteiger partial charge in [-0.3, -0.25) is 0 Å². The van der Waals surface area contributed by atoms with Crippen LogP contribution >= 0.6 is 0 Å². The molecule has 8 nitrogen and oxygen atoms in total. The number of aromatic amines is 1. The zero-order chi connectivity index (χ0) is 25.4. The molecule has 0 bridgehead atoms. The van der Waals surface area contributed by atoms with Gasteiger partial charge in [-0.1, -0.05) is 24.3 Å². The fourth-order valence-corrected chi connectivity index (χ4v) is 5.33. The standard InChI is InChI=1S/C26H17FN4O4S/c1-35-26(32)21-14-23(30-24(21)16-7-8-17(15-28)22(27)13-16)19-9-11-29-25-20(19)10-12-31(25)36(33,34)18-5-3-2-4-6-18/h2-14,30H,1H3. The van der Waals surface area contributed by atoms with Gasteiger partial charge in [0.2, 0.25) is 0 Å². The summed E-state index contributed by atoms with van der Waals surface area (Å²) in [6.45, 7) is 0. The number of nitriles is 1. The quantitative estimate of drug-likeness (QED) is 0.349. The Morgan fingerprint density at radius 2 is 1.89 bits per heavy atom. The zero-order valence-corrected chi connectivity index (χ0v) is 19.6. The number of pyridine rings is 1. The molecule has 0 unspecified atom stereocenters. The number of carbonyl (C=O) groups is 1. The fourth-order valence-electron chi connectivity index (χ4n) is 4.01. The van der Waals surface area contributed by atoms with Crippen LogP contribution in [0.15, 0.2) is 84.0 Å². The van der Waals surface area contributed by atoms with Gasteiger partial charge in [-0.05, 0) is 42.5 Å². The first-order valence-electron chi connectivity index (χ1n) is 10.6. The number of benzene rings is 2. The van der Waals surface area contributed by atoms with Crippen molar-refractivity contribution >= 4 is 27.0 Å². The van der Waals surface area contributed by atoms with Crippen molar-refractivity contribution in [3.05, 3.63) is 96.1 Å². The molecule has 5 rings (SSSR count). The second-order valence-corrected chi connectivity index (χ2v) is 9.61. The Bertz CT molecular complexity index is 1780. The van der Waals surface area contributed by atoms with E-state index in [9.17, 15) is 17.6 Å². The largest absolute Gasteiger partial charge is 0.465 e. The van der Waals surface area contributed by atoms with Crippen LogP contribution in [0.3, 0.4) is 0 Å². The summed E-state index contributed by atoms with van der Waals surface area (Å²) in [4.78, 5) is 20.1. The van der Waals surface area contributed by atoms with E-state index >= 15 is 0 Å². The average molecular weight is 501 g/mol. The van der Waals surface area contributed by atoms with Crippen LogP contribution in [0.2, 0.25) is 0 Å². The maximum Gasteiger partial charge on any atom is 0.340 e. The molecule has 0 spiro atoms. The molecule has 0 aliphatic heterocycles. The topological polar surface area (TPSA) is 118 Å². The molecule has 3 heterocycles. The molecule has 5 aromatic rings. The van der Waals surface area contributed by atoms with Gasteiger partial charge in [-0.2, -0.15) is 5.26 Å². The SMILES string of the molecule is COC(=O)c1cc(-c2ccnc3c2ccn3S(=O)(=O)c2ccccc2)[nH]c1-c1ccc(C#N)c(F)c1. The zero-order valence-electron chi connectivity index (χ0n) is 18.8. The molecular weight excluding hydrogens is 483 g/mol. The molecule has 0 fully saturated rings. The lowest BCUT2D eigenvalue weighted by Gasteiger charge is -2.07. The van der Waals surface area contributed by atoms with Crippen LogP contribution in [-0.4, -0.2) is 35.4 Å². The highest BCUT2D eigenvalue weighted by Gasteiger charge is 2.23. The van der Waals surface area contributed by atoms with Crippen molar-refractivity contribution in [2.45, 2.75) is 4.90 Å². The molecule has 0 aliphatic carbocycles. The maximum atomic E-state index is 14.3. The van der Waals surface area contributed by atoms with Crippen LogP contribution in [0.5, 0.6) is 0 Å². The van der Waals surface area contributed by atoms with E-state index in [2.05, 4.69) is 9.97 Å². The Morgan fingerprint density at radius 1 is 1.11 bits per heavy atom. The van der Waals surface area contributed by atoms with E-state index in [1.165, 1.54) is 43.8 Å². The summed E-state index contributed by atoms with van der Waals surface area (Å²) < 4.78 is 46.7. The van der Waals surface area contributed by atoms with Crippen LogP contribution in [0.1, 0.15) is 15.9 Å². The van der Waals surface area contributed by atoms with Crippen molar-refractivity contribution in [2.24, 2.45) is 0 Å². The van der Waals surface area contributed by atoms with Gasteiger partial charge in [0.15, 0.2) is 5.65 Å². The summed E-state index contributed by atoms with van der Waals surface area (Å²) in [5, 5.41) is 9.54. The van der Waals surface area contributed by atoms with Crippen LogP contribution < -0.4 is 0 Å². The first kappa shape index (κ1) is 23.0. The normalized spacial score (nSPS) is 11.4. The number of halogens is 1. The van der Waals surface area contributed by atoms with Crippen LogP contribution in [-0.2, 0) is 14.8 Å². The predicted molar refractivity (Wildman–Crippen MR) is 130 cm³/mol.